The van der Waals surface area contributed by atoms with E-state index in [1.54, 1.807) is 12.1 Å². The molecule has 0 saturated carbocycles. The lowest BCUT2D eigenvalue weighted by Gasteiger charge is -2.15. The number of halogens is 1. The number of nitrogens with one attached hydrogen (secondary N) is 1. The van der Waals surface area contributed by atoms with Gasteiger partial charge in [0, 0.05) is 11.6 Å². The van der Waals surface area contributed by atoms with E-state index < -0.39 is 0 Å². The second-order valence-electron chi connectivity index (χ2n) is 4.21. The number of methoxy groups -OCH3 is 1. The number of ether oxygens (including phenoxy) is 2. The molecule has 1 rings (SSSR count). The van der Waals surface area contributed by atoms with Crippen molar-refractivity contribution >= 4 is 17.5 Å². The molecule has 1 aromatic carbocycles. The molecule has 1 aromatic rings. The topological polar surface area (TPSA) is 47.6 Å². The van der Waals surface area contributed by atoms with E-state index in [9.17, 15) is 4.79 Å². The van der Waals surface area contributed by atoms with Gasteiger partial charge in [-0.05, 0) is 32.4 Å². The van der Waals surface area contributed by atoms with Crippen LogP contribution in [-0.4, -0.2) is 25.7 Å². The highest BCUT2D eigenvalue weighted by Crippen LogP contribution is 2.36. The number of carbonyl (C=O) groups is 1. The van der Waals surface area contributed by atoms with Crippen molar-refractivity contribution in [1.29, 1.82) is 0 Å². The zero-order valence-corrected chi connectivity index (χ0v) is 12.5. The van der Waals surface area contributed by atoms with Gasteiger partial charge < -0.3 is 14.8 Å². The van der Waals surface area contributed by atoms with Gasteiger partial charge >= 0.3 is 0 Å². The third kappa shape index (κ3) is 4.03. The van der Waals surface area contributed by atoms with Gasteiger partial charge in [-0.2, -0.15) is 0 Å². The maximum absolute atomic E-state index is 12.0. The first-order chi connectivity index (χ1) is 9.03. The van der Waals surface area contributed by atoms with Crippen LogP contribution in [0.25, 0.3) is 0 Å². The van der Waals surface area contributed by atoms with Gasteiger partial charge in [0.2, 0.25) is 0 Å². The molecule has 0 aliphatic rings. The third-order valence-corrected chi connectivity index (χ3v) is 3.05. The molecule has 0 heterocycles. The number of carbonyl (C=O) groups excluding carboxylic acids is 1. The van der Waals surface area contributed by atoms with Crippen molar-refractivity contribution in [3.8, 4) is 11.5 Å². The molecule has 1 unspecified atom stereocenters. The summed E-state index contributed by atoms with van der Waals surface area (Å²) >= 11 is 6.12. The van der Waals surface area contributed by atoms with Crippen LogP contribution in [0.4, 0.5) is 0 Å². The maximum Gasteiger partial charge on any atom is 0.251 e. The standard InChI is InChI=1S/C14H20ClNO3/c1-5-9(3)16-14(17)10-7-11(15)13(19-6-2)12(8-10)18-4/h7-9H,5-6H2,1-4H3,(H,16,17). The predicted molar refractivity (Wildman–Crippen MR) is 76.4 cm³/mol. The van der Waals surface area contributed by atoms with Gasteiger partial charge in [-0.3, -0.25) is 4.79 Å². The average Bonchev–Trinajstić information content (AvgIpc) is 2.40. The van der Waals surface area contributed by atoms with Gasteiger partial charge in [0.15, 0.2) is 11.5 Å². The lowest BCUT2D eigenvalue weighted by molar-refractivity contribution is 0.0939. The molecular weight excluding hydrogens is 266 g/mol. The minimum absolute atomic E-state index is 0.115. The van der Waals surface area contributed by atoms with E-state index in [-0.39, 0.29) is 11.9 Å². The Hall–Kier alpha value is -1.42. The largest absolute Gasteiger partial charge is 0.493 e. The summed E-state index contributed by atoms with van der Waals surface area (Å²) in [5.41, 5.74) is 0.464. The number of benzene rings is 1. The van der Waals surface area contributed by atoms with Crippen molar-refractivity contribution in [1.82, 2.24) is 5.32 Å². The molecule has 4 nitrogen and oxygen atoms in total. The summed E-state index contributed by atoms with van der Waals surface area (Å²) in [6.07, 6.45) is 0.869. The Morgan fingerprint density at radius 1 is 1.42 bits per heavy atom. The summed E-state index contributed by atoms with van der Waals surface area (Å²) in [5, 5.41) is 3.25. The van der Waals surface area contributed by atoms with Gasteiger partial charge in [-0.25, -0.2) is 0 Å². The number of rotatable bonds is 6. The molecule has 0 aromatic heterocycles. The zero-order chi connectivity index (χ0) is 14.4. The first kappa shape index (κ1) is 15.6. The van der Waals surface area contributed by atoms with E-state index in [1.807, 2.05) is 20.8 Å². The van der Waals surface area contributed by atoms with E-state index in [0.29, 0.717) is 28.7 Å². The molecule has 1 amide bonds. The normalized spacial score (nSPS) is 11.8. The lowest BCUT2D eigenvalue weighted by atomic mass is 10.1. The Labute approximate surface area is 119 Å². The zero-order valence-electron chi connectivity index (χ0n) is 11.7. The smallest absolute Gasteiger partial charge is 0.251 e. The van der Waals surface area contributed by atoms with Crippen molar-refractivity contribution in [3.63, 3.8) is 0 Å². The SMILES string of the molecule is CCOc1c(Cl)cc(C(=O)NC(C)CC)cc1OC. The van der Waals surface area contributed by atoms with Crippen molar-refractivity contribution in [2.24, 2.45) is 0 Å². The van der Waals surface area contributed by atoms with Crippen molar-refractivity contribution in [2.45, 2.75) is 33.2 Å². The molecule has 0 saturated heterocycles. The molecule has 0 aliphatic carbocycles. The molecular formula is C14H20ClNO3. The number of hydrogen-bond acceptors (Lipinski definition) is 3. The molecule has 1 atom stereocenters. The first-order valence-electron chi connectivity index (χ1n) is 6.34. The van der Waals surface area contributed by atoms with Crippen molar-refractivity contribution in [3.05, 3.63) is 22.7 Å². The van der Waals surface area contributed by atoms with Crippen LogP contribution in [0.5, 0.6) is 11.5 Å². The van der Waals surface area contributed by atoms with Gasteiger partial charge in [0.1, 0.15) is 0 Å². The second-order valence-corrected chi connectivity index (χ2v) is 4.61. The lowest BCUT2D eigenvalue weighted by Crippen LogP contribution is -2.31. The Balaban J connectivity index is 3.04. The number of hydrogen-bond donors (Lipinski definition) is 1. The molecule has 0 radical (unpaired) electrons. The van der Waals surface area contributed by atoms with Crippen LogP contribution in [0.15, 0.2) is 12.1 Å². The molecule has 19 heavy (non-hydrogen) atoms. The fraction of sp³-hybridized carbons (Fsp3) is 0.500. The highest BCUT2D eigenvalue weighted by Gasteiger charge is 2.16. The minimum atomic E-state index is -0.169. The van der Waals surface area contributed by atoms with Crippen LogP contribution in [0, 0.1) is 0 Å². The van der Waals surface area contributed by atoms with Crippen LogP contribution >= 0.6 is 11.6 Å². The van der Waals surface area contributed by atoms with E-state index in [1.165, 1.54) is 7.11 Å². The Morgan fingerprint density at radius 2 is 2.11 bits per heavy atom. The highest BCUT2D eigenvalue weighted by molar-refractivity contribution is 6.32. The van der Waals surface area contributed by atoms with Crippen molar-refractivity contribution < 1.29 is 14.3 Å². The van der Waals surface area contributed by atoms with Gasteiger partial charge in [-0.1, -0.05) is 18.5 Å². The molecule has 0 spiro atoms. The summed E-state index contributed by atoms with van der Waals surface area (Å²) in [7, 11) is 1.52. The molecule has 0 bridgehead atoms. The van der Waals surface area contributed by atoms with Crippen LogP contribution in [0.1, 0.15) is 37.6 Å². The quantitative estimate of drug-likeness (QED) is 0.872. The van der Waals surface area contributed by atoms with Gasteiger partial charge in [0.25, 0.3) is 5.91 Å². The van der Waals surface area contributed by atoms with Crippen LogP contribution in [-0.2, 0) is 0 Å². The van der Waals surface area contributed by atoms with Gasteiger partial charge in [0.05, 0.1) is 18.7 Å². The summed E-state index contributed by atoms with van der Waals surface area (Å²) in [5.74, 6) is 0.757. The van der Waals surface area contributed by atoms with E-state index in [4.69, 9.17) is 21.1 Å². The highest BCUT2D eigenvalue weighted by atomic mass is 35.5. The van der Waals surface area contributed by atoms with E-state index in [2.05, 4.69) is 5.32 Å². The van der Waals surface area contributed by atoms with Crippen LogP contribution < -0.4 is 14.8 Å². The monoisotopic (exact) mass is 285 g/mol. The second kappa shape index (κ2) is 7.24. The maximum atomic E-state index is 12.0. The van der Waals surface area contributed by atoms with E-state index in [0.717, 1.165) is 6.42 Å². The van der Waals surface area contributed by atoms with Crippen LogP contribution in [0.3, 0.4) is 0 Å². The minimum Gasteiger partial charge on any atom is -0.493 e. The summed E-state index contributed by atoms with van der Waals surface area (Å²) < 4.78 is 10.6. The van der Waals surface area contributed by atoms with Gasteiger partial charge in [-0.15, -0.1) is 0 Å². The Kier molecular flexibility index (Phi) is 5.96. The fourth-order valence-corrected chi connectivity index (χ4v) is 1.81. The van der Waals surface area contributed by atoms with Crippen molar-refractivity contribution in [2.75, 3.05) is 13.7 Å². The summed E-state index contributed by atoms with van der Waals surface area (Å²) in [6.45, 7) is 6.30. The first-order valence-corrected chi connectivity index (χ1v) is 6.72. The molecule has 1 N–H and O–H groups in total. The Morgan fingerprint density at radius 3 is 2.63 bits per heavy atom. The predicted octanol–water partition coefficient (Wildman–Crippen LogP) is 3.28. The fourth-order valence-electron chi connectivity index (χ4n) is 1.54. The molecule has 0 aliphatic heterocycles. The summed E-state index contributed by atoms with van der Waals surface area (Å²) in [6, 6.07) is 3.34. The average molecular weight is 286 g/mol. The molecule has 0 fully saturated rings. The third-order valence-electron chi connectivity index (χ3n) is 2.77. The van der Waals surface area contributed by atoms with E-state index >= 15 is 0 Å². The molecule has 5 heteroatoms. The summed E-state index contributed by atoms with van der Waals surface area (Å²) in [4.78, 5) is 12.0. The Bertz CT molecular complexity index is 449. The van der Waals surface area contributed by atoms with Crippen LogP contribution in [0.2, 0.25) is 5.02 Å². The number of amides is 1. The molecule has 106 valence electrons.